The van der Waals surface area contributed by atoms with Crippen LogP contribution < -0.4 is 5.73 Å². The molecule has 3 rings (SSSR count). The molecular weight excluding hydrogens is 277 g/mol. The lowest BCUT2D eigenvalue weighted by Gasteiger charge is -2.11. The topological polar surface area (TPSA) is 43.8 Å². The van der Waals surface area contributed by atoms with Gasteiger partial charge in [-0.25, -0.2) is 9.37 Å². The highest BCUT2D eigenvalue weighted by molar-refractivity contribution is 6.30. The standard InChI is InChI=1S/C15H13ClFN3/c1-8-3-4-10(16)6-13(8)20-14-5-9(2)11(17)7-12(14)19-15(20)18/h3-7H,1-2H3,(H2,18,19). The van der Waals surface area contributed by atoms with Crippen LogP contribution in [0.25, 0.3) is 16.7 Å². The lowest BCUT2D eigenvalue weighted by atomic mass is 10.1. The molecule has 0 amide bonds. The van der Waals surface area contributed by atoms with Gasteiger partial charge in [-0.05, 0) is 43.2 Å². The largest absolute Gasteiger partial charge is 0.369 e. The van der Waals surface area contributed by atoms with Crippen LogP contribution in [-0.4, -0.2) is 9.55 Å². The Kier molecular flexibility index (Phi) is 2.91. The van der Waals surface area contributed by atoms with Crippen molar-refractivity contribution in [2.45, 2.75) is 13.8 Å². The zero-order chi connectivity index (χ0) is 14.4. The van der Waals surface area contributed by atoms with E-state index in [4.69, 9.17) is 17.3 Å². The fourth-order valence-electron chi connectivity index (χ4n) is 2.30. The predicted octanol–water partition coefficient (Wildman–Crippen LogP) is 4.02. The van der Waals surface area contributed by atoms with Crippen LogP contribution in [0.5, 0.6) is 0 Å². The van der Waals surface area contributed by atoms with Crippen molar-refractivity contribution in [2.75, 3.05) is 5.73 Å². The first kappa shape index (κ1) is 12.9. The number of benzene rings is 2. The molecule has 2 aromatic carbocycles. The summed E-state index contributed by atoms with van der Waals surface area (Å²) in [6.07, 6.45) is 0. The van der Waals surface area contributed by atoms with Crippen molar-refractivity contribution < 1.29 is 4.39 Å². The number of imidazole rings is 1. The summed E-state index contributed by atoms with van der Waals surface area (Å²) in [5.41, 5.74) is 9.71. The Labute approximate surface area is 120 Å². The Morgan fingerprint density at radius 3 is 2.65 bits per heavy atom. The molecule has 0 fully saturated rings. The number of nitrogen functional groups attached to an aromatic ring is 1. The first-order valence-corrected chi connectivity index (χ1v) is 6.56. The third-order valence-electron chi connectivity index (χ3n) is 3.37. The van der Waals surface area contributed by atoms with Gasteiger partial charge in [0.05, 0.1) is 16.7 Å². The van der Waals surface area contributed by atoms with Gasteiger partial charge in [0, 0.05) is 11.1 Å². The Morgan fingerprint density at radius 2 is 1.90 bits per heavy atom. The number of aryl methyl sites for hydroxylation is 2. The third-order valence-corrected chi connectivity index (χ3v) is 3.61. The molecule has 0 aliphatic carbocycles. The highest BCUT2D eigenvalue weighted by atomic mass is 35.5. The summed E-state index contributed by atoms with van der Waals surface area (Å²) < 4.78 is 15.4. The first-order chi connectivity index (χ1) is 9.47. The molecule has 0 saturated heterocycles. The molecule has 0 radical (unpaired) electrons. The maximum Gasteiger partial charge on any atom is 0.205 e. The molecule has 5 heteroatoms. The van der Waals surface area contributed by atoms with E-state index in [1.54, 1.807) is 17.6 Å². The molecule has 3 aromatic rings. The second kappa shape index (κ2) is 4.49. The van der Waals surface area contributed by atoms with Gasteiger partial charge in [0.25, 0.3) is 0 Å². The van der Waals surface area contributed by atoms with Crippen molar-refractivity contribution in [3.05, 3.63) is 52.3 Å². The van der Waals surface area contributed by atoms with Gasteiger partial charge in [0.15, 0.2) is 0 Å². The van der Waals surface area contributed by atoms with E-state index in [-0.39, 0.29) is 5.82 Å². The smallest absolute Gasteiger partial charge is 0.205 e. The van der Waals surface area contributed by atoms with E-state index in [0.717, 1.165) is 16.8 Å². The minimum Gasteiger partial charge on any atom is -0.369 e. The van der Waals surface area contributed by atoms with Crippen molar-refractivity contribution in [1.82, 2.24) is 9.55 Å². The number of nitrogens with zero attached hydrogens (tertiary/aromatic N) is 2. The molecule has 0 aliphatic heterocycles. The van der Waals surface area contributed by atoms with Gasteiger partial charge in [-0.1, -0.05) is 17.7 Å². The summed E-state index contributed by atoms with van der Waals surface area (Å²) in [6, 6.07) is 8.71. The number of rotatable bonds is 1. The molecule has 20 heavy (non-hydrogen) atoms. The van der Waals surface area contributed by atoms with E-state index in [2.05, 4.69) is 4.98 Å². The van der Waals surface area contributed by atoms with Crippen LogP contribution in [0.1, 0.15) is 11.1 Å². The molecule has 1 heterocycles. The van der Waals surface area contributed by atoms with Crippen molar-refractivity contribution in [3.63, 3.8) is 0 Å². The minimum atomic E-state index is -0.287. The fraction of sp³-hybridized carbons (Fsp3) is 0.133. The van der Waals surface area contributed by atoms with Crippen LogP contribution in [-0.2, 0) is 0 Å². The number of halogens is 2. The van der Waals surface area contributed by atoms with Crippen LogP contribution in [0, 0.1) is 19.7 Å². The molecule has 0 aliphatic rings. The van der Waals surface area contributed by atoms with E-state index < -0.39 is 0 Å². The van der Waals surface area contributed by atoms with E-state index in [9.17, 15) is 4.39 Å². The Balaban J connectivity index is 2.38. The zero-order valence-electron chi connectivity index (χ0n) is 11.1. The average Bonchev–Trinajstić information content (AvgIpc) is 2.69. The molecule has 102 valence electrons. The molecule has 0 unspecified atom stereocenters. The Bertz CT molecular complexity index is 824. The van der Waals surface area contributed by atoms with Gasteiger partial charge in [-0.2, -0.15) is 0 Å². The lowest BCUT2D eigenvalue weighted by Crippen LogP contribution is -2.02. The van der Waals surface area contributed by atoms with Gasteiger partial charge in [0.1, 0.15) is 5.82 Å². The van der Waals surface area contributed by atoms with Crippen LogP contribution >= 0.6 is 11.6 Å². The summed E-state index contributed by atoms with van der Waals surface area (Å²) in [4.78, 5) is 4.22. The van der Waals surface area contributed by atoms with Crippen molar-refractivity contribution >= 4 is 28.6 Å². The fourth-order valence-corrected chi connectivity index (χ4v) is 2.46. The minimum absolute atomic E-state index is 0.287. The van der Waals surface area contributed by atoms with E-state index in [1.165, 1.54) is 6.07 Å². The maximum absolute atomic E-state index is 13.6. The van der Waals surface area contributed by atoms with E-state index in [0.29, 0.717) is 22.1 Å². The van der Waals surface area contributed by atoms with Crippen molar-refractivity contribution in [1.29, 1.82) is 0 Å². The normalized spacial score (nSPS) is 11.2. The van der Waals surface area contributed by atoms with Gasteiger partial charge in [0.2, 0.25) is 5.95 Å². The monoisotopic (exact) mass is 289 g/mol. The van der Waals surface area contributed by atoms with Gasteiger partial charge < -0.3 is 5.73 Å². The van der Waals surface area contributed by atoms with Crippen molar-refractivity contribution in [2.24, 2.45) is 0 Å². The van der Waals surface area contributed by atoms with Crippen LogP contribution in [0.15, 0.2) is 30.3 Å². The number of hydrogen-bond acceptors (Lipinski definition) is 2. The molecule has 3 nitrogen and oxygen atoms in total. The zero-order valence-corrected chi connectivity index (χ0v) is 11.9. The Hall–Kier alpha value is -2.07. The third kappa shape index (κ3) is 1.93. The summed E-state index contributed by atoms with van der Waals surface area (Å²) >= 11 is 6.06. The second-order valence-corrected chi connectivity index (χ2v) is 5.26. The molecule has 0 atom stereocenters. The number of aromatic nitrogens is 2. The SMILES string of the molecule is Cc1cc2c(cc1F)nc(N)n2-c1cc(Cl)ccc1C. The predicted molar refractivity (Wildman–Crippen MR) is 79.9 cm³/mol. The van der Waals surface area contributed by atoms with E-state index >= 15 is 0 Å². The van der Waals surface area contributed by atoms with Gasteiger partial charge >= 0.3 is 0 Å². The van der Waals surface area contributed by atoms with Gasteiger partial charge in [-0.3, -0.25) is 4.57 Å². The highest BCUT2D eigenvalue weighted by Crippen LogP contribution is 2.28. The highest BCUT2D eigenvalue weighted by Gasteiger charge is 2.14. The van der Waals surface area contributed by atoms with Crippen LogP contribution in [0.3, 0.4) is 0 Å². The molecule has 2 N–H and O–H groups in total. The maximum atomic E-state index is 13.6. The number of fused-ring (bicyclic) bond motifs is 1. The second-order valence-electron chi connectivity index (χ2n) is 4.83. The summed E-state index contributed by atoms with van der Waals surface area (Å²) in [6.45, 7) is 3.68. The van der Waals surface area contributed by atoms with Gasteiger partial charge in [-0.15, -0.1) is 0 Å². The quantitative estimate of drug-likeness (QED) is 0.735. The Morgan fingerprint density at radius 1 is 1.15 bits per heavy atom. The summed E-state index contributed by atoms with van der Waals surface area (Å²) in [7, 11) is 0. The van der Waals surface area contributed by atoms with Crippen molar-refractivity contribution in [3.8, 4) is 5.69 Å². The van der Waals surface area contributed by atoms with Crippen LogP contribution in [0.2, 0.25) is 5.02 Å². The van der Waals surface area contributed by atoms with Crippen LogP contribution in [0.4, 0.5) is 10.3 Å². The lowest BCUT2D eigenvalue weighted by molar-refractivity contribution is 0.620. The number of hydrogen-bond donors (Lipinski definition) is 1. The molecular formula is C15H13ClFN3. The first-order valence-electron chi connectivity index (χ1n) is 6.18. The molecule has 0 spiro atoms. The number of anilines is 1. The summed E-state index contributed by atoms with van der Waals surface area (Å²) in [5.74, 6) is 0.0281. The molecule has 0 saturated carbocycles. The molecule has 1 aromatic heterocycles. The van der Waals surface area contributed by atoms with E-state index in [1.807, 2.05) is 25.1 Å². The number of nitrogens with two attached hydrogens (primary N) is 1. The summed E-state index contributed by atoms with van der Waals surface area (Å²) in [5, 5.41) is 0.616. The molecule has 0 bridgehead atoms. The average molecular weight is 290 g/mol.